The van der Waals surface area contributed by atoms with Crippen LogP contribution in [0.2, 0.25) is 0 Å². The van der Waals surface area contributed by atoms with Gasteiger partial charge in [-0.15, -0.1) is 0 Å². The monoisotopic (exact) mass is 553 g/mol. The van der Waals surface area contributed by atoms with Gasteiger partial charge in [-0.2, -0.15) is 0 Å². The van der Waals surface area contributed by atoms with Crippen LogP contribution < -0.4 is 14.4 Å². The molecule has 0 heterocycles. The Kier molecular flexibility index (Phi) is 9.93. The van der Waals surface area contributed by atoms with Crippen LogP contribution in [0.1, 0.15) is 33.3 Å². The predicted octanol–water partition coefficient (Wildman–Crippen LogP) is 3.56. The van der Waals surface area contributed by atoms with Gasteiger partial charge in [0.1, 0.15) is 18.3 Å². The number of carbonyl (C=O) groups is 2. The number of carbonyl (C=O) groups excluding carboxylic acids is 2. The zero-order chi connectivity index (χ0) is 25.5. The third kappa shape index (κ3) is 7.73. The molecule has 10 heteroatoms. The van der Waals surface area contributed by atoms with E-state index in [1.54, 1.807) is 38.1 Å². The lowest BCUT2D eigenvalue weighted by atomic mass is 10.1. The molecule has 8 nitrogen and oxygen atoms in total. The molecule has 2 amide bonds. The topological polar surface area (TPSA) is 96.0 Å². The maximum atomic E-state index is 13.5. The molecular formula is C24H32BrN3O5S. The van der Waals surface area contributed by atoms with E-state index in [1.807, 2.05) is 38.1 Å². The van der Waals surface area contributed by atoms with Crippen molar-refractivity contribution >= 4 is 43.5 Å². The molecule has 1 atom stereocenters. The zero-order valence-electron chi connectivity index (χ0n) is 20.1. The van der Waals surface area contributed by atoms with Gasteiger partial charge < -0.3 is 15.0 Å². The smallest absolute Gasteiger partial charge is 0.244 e. The Morgan fingerprint density at radius 1 is 1.06 bits per heavy atom. The highest BCUT2D eigenvalue weighted by Gasteiger charge is 2.31. The first-order valence-corrected chi connectivity index (χ1v) is 13.6. The largest absolute Gasteiger partial charge is 0.492 e. The van der Waals surface area contributed by atoms with Crippen LogP contribution in [0.4, 0.5) is 5.69 Å². The van der Waals surface area contributed by atoms with Crippen LogP contribution in [-0.2, 0) is 26.2 Å². The highest BCUT2D eigenvalue weighted by atomic mass is 79.9. The van der Waals surface area contributed by atoms with Crippen LogP contribution in [0.25, 0.3) is 0 Å². The average molecular weight is 555 g/mol. The highest BCUT2D eigenvalue weighted by molar-refractivity contribution is 9.10. The standard InChI is InChI=1S/C24H32BrN3O5S/c1-6-33-22-10-8-7-9-21(22)28(34(5,31)32)16-23(29)27(18(4)24(30)26-17(2)3)15-19-11-13-20(25)14-12-19/h7-14,17-18H,6,15-16H2,1-5H3,(H,26,30). The molecule has 2 rings (SSSR count). The summed E-state index contributed by atoms with van der Waals surface area (Å²) >= 11 is 3.39. The molecule has 0 aliphatic heterocycles. The molecule has 0 radical (unpaired) electrons. The molecule has 0 bridgehead atoms. The second kappa shape index (κ2) is 12.2. The van der Waals surface area contributed by atoms with E-state index < -0.39 is 28.5 Å². The second-order valence-corrected chi connectivity index (χ2v) is 11.0. The Bertz CT molecular complexity index is 1090. The number of hydrogen-bond acceptors (Lipinski definition) is 5. The SMILES string of the molecule is CCOc1ccccc1N(CC(=O)N(Cc1ccc(Br)cc1)C(C)C(=O)NC(C)C)S(C)(=O)=O. The molecule has 0 aromatic heterocycles. The van der Waals surface area contributed by atoms with E-state index in [-0.39, 0.29) is 24.2 Å². The molecule has 0 saturated carbocycles. The number of sulfonamides is 1. The van der Waals surface area contributed by atoms with Crippen molar-refractivity contribution in [2.45, 2.75) is 46.3 Å². The summed E-state index contributed by atoms with van der Waals surface area (Å²) in [6.07, 6.45) is 1.04. The third-order valence-corrected chi connectivity index (χ3v) is 6.63. The van der Waals surface area contributed by atoms with Gasteiger partial charge in [-0.1, -0.05) is 40.2 Å². The number of benzene rings is 2. The molecule has 0 spiro atoms. The van der Waals surface area contributed by atoms with Crippen molar-refractivity contribution in [1.82, 2.24) is 10.2 Å². The Hall–Kier alpha value is -2.59. The van der Waals surface area contributed by atoms with Crippen LogP contribution in [0.15, 0.2) is 53.0 Å². The lowest BCUT2D eigenvalue weighted by molar-refractivity contribution is -0.139. The van der Waals surface area contributed by atoms with Gasteiger partial charge in [-0.3, -0.25) is 13.9 Å². The summed E-state index contributed by atoms with van der Waals surface area (Å²) in [5.41, 5.74) is 1.07. The van der Waals surface area contributed by atoms with Gasteiger partial charge in [-0.25, -0.2) is 8.42 Å². The number of rotatable bonds is 11. The van der Waals surface area contributed by atoms with E-state index in [0.29, 0.717) is 12.4 Å². The van der Waals surface area contributed by atoms with Gasteiger partial charge in [0.15, 0.2) is 0 Å². The molecule has 0 aliphatic rings. The first kappa shape index (κ1) is 27.7. The normalized spacial score (nSPS) is 12.2. The van der Waals surface area contributed by atoms with Crippen LogP contribution in [0.5, 0.6) is 5.75 Å². The highest BCUT2D eigenvalue weighted by Crippen LogP contribution is 2.30. The summed E-state index contributed by atoms with van der Waals surface area (Å²) in [5, 5.41) is 2.82. The van der Waals surface area contributed by atoms with E-state index in [2.05, 4.69) is 21.2 Å². The van der Waals surface area contributed by atoms with Crippen LogP contribution in [-0.4, -0.2) is 56.6 Å². The Balaban J connectivity index is 2.42. The first-order chi connectivity index (χ1) is 15.9. The van der Waals surface area contributed by atoms with E-state index in [0.717, 1.165) is 20.6 Å². The van der Waals surface area contributed by atoms with Crippen molar-refractivity contribution < 1.29 is 22.7 Å². The zero-order valence-corrected chi connectivity index (χ0v) is 22.5. The molecule has 2 aromatic rings. The number of hydrogen-bond donors (Lipinski definition) is 1. The van der Waals surface area contributed by atoms with Gasteiger partial charge in [0.2, 0.25) is 21.8 Å². The Morgan fingerprint density at radius 2 is 1.68 bits per heavy atom. The van der Waals surface area contributed by atoms with Crippen LogP contribution >= 0.6 is 15.9 Å². The van der Waals surface area contributed by atoms with Gasteiger partial charge in [0, 0.05) is 17.1 Å². The first-order valence-electron chi connectivity index (χ1n) is 11.0. The van der Waals surface area contributed by atoms with Gasteiger partial charge >= 0.3 is 0 Å². The van der Waals surface area contributed by atoms with Crippen molar-refractivity contribution in [3.8, 4) is 5.75 Å². The minimum atomic E-state index is -3.83. The van der Waals surface area contributed by atoms with Crippen molar-refractivity contribution in [3.63, 3.8) is 0 Å². The fourth-order valence-electron chi connectivity index (χ4n) is 3.31. The molecule has 186 valence electrons. The molecule has 34 heavy (non-hydrogen) atoms. The Labute approximate surface area is 210 Å². The average Bonchev–Trinajstić information content (AvgIpc) is 2.76. The molecule has 0 fully saturated rings. The van der Waals surface area contributed by atoms with Gasteiger partial charge in [0.05, 0.1) is 18.6 Å². The second-order valence-electron chi connectivity index (χ2n) is 8.16. The van der Waals surface area contributed by atoms with Gasteiger partial charge in [-0.05, 0) is 57.5 Å². The van der Waals surface area contributed by atoms with E-state index in [9.17, 15) is 18.0 Å². The van der Waals surface area contributed by atoms with Crippen molar-refractivity contribution in [3.05, 3.63) is 58.6 Å². The molecule has 0 saturated heterocycles. The molecular weight excluding hydrogens is 522 g/mol. The molecule has 2 aromatic carbocycles. The van der Waals surface area contributed by atoms with Crippen molar-refractivity contribution in [2.24, 2.45) is 0 Å². The summed E-state index contributed by atoms with van der Waals surface area (Å²) in [4.78, 5) is 27.7. The Morgan fingerprint density at radius 3 is 2.24 bits per heavy atom. The molecule has 0 aliphatic carbocycles. The lowest BCUT2D eigenvalue weighted by Gasteiger charge is -2.32. The quantitative estimate of drug-likeness (QED) is 0.459. The van der Waals surface area contributed by atoms with Crippen LogP contribution in [0, 0.1) is 0 Å². The van der Waals surface area contributed by atoms with Crippen molar-refractivity contribution in [2.75, 3.05) is 23.7 Å². The summed E-state index contributed by atoms with van der Waals surface area (Å²) < 4.78 is 32.9. The summed E-state index contributed by atoms with van der Waals surface area (Å²) in [6.45, 7) is 7.10. The summed E-state index contributed by atoms with van der Waals surface area (Å²) in [7, 11) is -3.83. The van der Waals surface area contributed by atoms with Crippen LogP contribution in [0.3, 0.4) is 0 Å². The minimum absolute atomic E-state index is 0.106. The fourth-order valence-corrected chi connectivity index (χ4v) is 4.43. The predicted molar refractivity (Wildman–Crippen MR) is 137 cm³/mol. The summed E-state index contributed by atoms with van der Waals surface area (Å²) in [5.74, 6) is -0.472. The summed E-state index contributed by atoms with van der Waals surface area (Å²) in [6, 6.07) is 13.1. The van der Waals surface area contributed by atoms with E-state index in [1.165, 1.54) is 4.90 Å². The van der Waals surface area contributed by atoms with Gasteiger partial charge in [0.25, 0.3) is 0 Å². The van der Waals surface area contributed by atoms with E-state index >= 15 is 0 Å². The fraction of sp³-hybridized carbons (Fsp3) is 0.417. The molecule has 1 unspecified atom stereocenters. The number of halogens is 1. The number of para-hydroxylation sites is 2. The minimum Gasteiger partial charge on any atom is -0.492 e. The number of ether oxygens (including phenoxy) is 1. The maximum absolute atomic E-state index is 13.5. The number of nitrogens with one attached hydrogen (secondary N) is 1. The maximum Gasteiger partial charge on any atom is 0.244 e. The third-order valence-electron chi connectivity index (χ3n) is 4.98. The number of anilines is 1. The van der Waals surface area contributed by atoms with E-state index in [4.69, 9.17) is 4.74 Å². The number of amides is 2. The molecule has 1 N–H and O–H groups in total. The lowest BCUT2D eigenvalue weighted by Crippen LogP contribution is -2.52. The van der Waals surface area contributed by atoms with Crippen molar-refractivity contribution in [1.29, 1.82) is 0 Å². The number of nitrogens with zero attached hydrogens (tertiary/aromatic N) is 2.